The smallest absolute Gasteiger partial charge is 0.257 e. The minimum atomic E-state index is -0.509. The van der Waals surface area contributed by atoms with Crippen molar-refractivity contribution in [3.05, 3.63) is 23.8 Å². The molecule has 0 spiro atoms. The van der Waals surface area contributed by atoms with Gasteiger partial charge in [0, 0.05) is 23.2 Å². The molecule has 0 aliphatic rings. The van der Waals surface area contributed by atoms with Gasteiger partial charge in [0.1, 0.15) is 11.5 Å². The molecule has 0 saturated heterocycles. The monoisotopic (exact) mass is 238 g/mol. The maximum atomic E-state index is 11.6. The molecular formula is C8H6N4O3S. The number of phenolic OH excluding ortho intramolecular Hbond substituents is 2. The van der Waals surface area contributed by atoms with Crippen LogP contribution in [0.25, 0.3) is 0 Å². The molecule has 0 radical (unpaired) electrons. The zero-order valence-electron chi connectivity index (χ0n) is 7.78. The van der Waals surface area contributed by atoms with Gasteiger partial charge in [-0.1, -0.05) is 9.59 Å². The van der Waals surface area contributed by atoms with Gasteiger partial charge in [-0.2, -0.15) is 0 Å². The van der Waals surface area contributed by atoms with E-state index in [1.807, 2.05) is 0 Å². The van der Waals surface area contributed by atoms with Gasteiger partial charge in [0.05, 0.1) is 0 Å². The molecule has 7 nitrogen and oxygen atoms in total. The molecule has 3 N–H and O–H groups in total. The number of aromatic nitrogens is 3. The van der Waals surface area contributed by atoms with Crippen LogP contribution in [0.2, 0.25) is 0 Å². The SMILES string of the molecule is O=C(Nc1nnns1)c1cc(O)cc(O)c1. The van der Waals surface area contributed by atoms with Crippen molar-refractivity contribution in [1.82, 2.24) is 14.8 Å². The lowest BCUT2D eigenvalue weighted by Gasteiger charge is -2.02. The van der Waals surface area contributed by atoms with E-state index in [1.54, 1.807) is 0 Å². The molecule has 82 valence electrons. The molecule has 0 atom stereocenters. The third-order valence-electron chi connectivity index (χ3n) is 1.68. The second-order valence-corrected chi connectivity index (χ2v) is 3.59. The number of anilines is 1. The maximum Gasteiger partial charge on any atom is 0.257 e. The summed E-state index contributed by atoms with van der Waals surface area (Å²) in [6.45, 7) is 0. The van der Waals surface area contributed by atoms with Gasteiger partial charge in [0.15, 0.2) is 0 Å². The van der Waals surface area contributed by atoms with Crippen LogP contribution in [0.15, 0.2) is 18.2 Å². The Labute approximate surface area is 93.5 Å². The maximum absolute atomic E-state index is 11.6. The lowest BCUT2D eigenvalue weighted by molar-refractivity contribution is 0.102. The average Bonchev–Trinajstić information content (AvgIpc) is 2.68. The van der Waals surface area contributed by atoms with Gasteiger partial charge in [0.2, 0.25) is 5.13 Å². The van der Waals surface area contributed by atoms with Gasteiger partial charge in [-0.05, 0) is 17.3 Å². The Morgan fingerprint density at radius 1 is 1.25 bits per heavy atom. The number of phenols is 2. The number of carbonyl (C=O) groups excluding carboxylic acids is 1. The summed E-state index contributed by atoms with van der Waals surface area (Å²) in [5.74, 6) is -0.897. The molecule has 0 bridgehead atoms. The number of rotatable bonds is 2. The summed E-state index contributed by atoms with van der Waals surface area (Å²) in [5, 5.41) is 27.9. The molecule has 1 amide bonds. The summed E-state index contributed by atoms with van der Waals surface area (Å²) >= 11 is 0.925. The van der Waals surface area contributed by atoms with Crippen molar-refractivity contribution in [2.24, 2.45) is 0 Å². The topological polar surface area (TPSA) is 108 Å². The van der Waals surface area contributed by atoms with E-state index in [4.69, 9.17) is 0 Å². The second-order valence-electron chi connectivity index (χ2n) is 2.86. The highest BCUT2D eigenvalue weighted by atomic mass is 32.1. The normalized spacial score (nSPS) is 10.0. The summed E-state index contributed by atoms with van der Waals surface area (Å²) in [7, 11) is 0. The Balaban J connectivity index is 2.21. The molecule has 1 aromatic carbocycles. The molecule has 0 saturated carbocycles. The summed E-state index contributed by atoms with van der Waals surface area (Å²) in [5.41, 5.74) is 0.118. The first-order valence-electron chi connectivity index (χ1n) is 4.14. The van der Waals surface area contributed by atoms with Gasteiger partial charge < -0.3 is 10.2 Å². The van der Waals surface area contributed by atoms with Crippen molar-refractivity contribution in [1.29, 1.82) is 0 Å². The lowest BCUT2D eigenvalue weighted by atomic mass is 10.2. The number of amides is 1. The van der Waals surface area contributed by atoms with E-state index in [9.17, 15) is 15.0 Å². The predicted octanol–water partition coefficient (Wildman–Crippen LogP) is 0.597. The number of aromatic hydroxyl groups is 2. The molecular weight excluding hydrogens is 232 g/mol. The van der Waals surface area contributed by atoms with E-state index in [1.165, 1.54) is 12.1 Å². The third kappa shape index (κ3) is 2.23. The fraction of sp³-hybridized carbons (Fsp3) is 0. The summed E-state index contributed by atoms with van der Waals surface area (Å²) in [4.78, 5) is 11.6. The Morgan fingerprint density at radius 3 is 2.50 bits per heavy atom. The fourth-order valence-electron chi connectivity index (χ4n) is 1.08. The van der Waals surface area contributed by atoms with Crippen molar-refractivity contribution in [2.75, 3.05) is 5.32 Å². The van der Waals surface area contributed by atoms with Gasteiger partial charge in [-0.25, -0.2) is 0 Å². The number of benzene rings is 1. The van der Waals surface area contributed by atoms with Gasteiger partial charge in [-0.3, -0.25) is 10.1 Å². The minimum absolute atomic E-state index is 0.118. The van der Waals surface area contributed by atoms with Crippen molar-refractivity contribution >= 4 is 22.6 Å². The van der Waals surface area contributed by atoms with Gasteiger partial charge in [-0.15, -0.1) is 0 Å². The largest absolute Gasteiger partial charge is 0.508 e. The molecule has 2 rings (SSSR count). The zero-order valence-corrected chi connectivity index (χ0v) is 8.60. The number of hydrogen-bond donors (Lipinski definition) is 3. The highest BCUT2D eigenvalue weighted by Gasteiger charge is 2.10. The van der Waals surface area contributed by atoms with Crippen molar-refractivity contribution < 1.29 is 15.0 Å². The van der Waals surface area contributed by atoms with Crippen LogP contribution in [0.5, 0.6) is 11.5 Å². The number of nitrogens with one attached hydrogen (secondary N) is 1. The average molecular weight is 238 g/mol. The first kappa shape index (κ1) is 10.3. The van der Waals surface area contributed by atoms with E-state index < -0.39 is 5.91 Å². The molecule has 1 aromatic heterocycles. The van der Waals surface area contributed by atoms with Gasteiger partial charge >= 0.3 is 0 Å². The van der Waals surface area contributed by atoms with Crippen LogP contribution in [0.1, 0.15) is 10.4 Å². The minimum Gasteiger partial charge on any atom is -0.508 e. The van der Waals surface area contributed by atoms with Crippen LogP contribution in [0, 0.1) is 0 Å². The summed E-state index contributed by atoms with van der Waals surface area (Å²) < 4.78 is 3.47. The van der Waals surface area contributed by atoms with E-state index >= 15 is 0 Å². The molecule has 0 aliphatic heterocycles. The number of hydrogen-bond acceptors (Lipinski definition) is 7. The first-order chi connectivity index (χ1) is 7.65. The second kappa shape index (κ2) is 4.11. The highest BCUT2D eigenvalue weighted by Crippen LogP contribution is 2.21. The molecule has 0 unspecified atom stereocenters. The lowest BCUT2D eigenvalue weighted by Crippen LogP contribution is -2.11. The number of nitrogens with zero attached hydrogens (tertiary/aromatic N) is 3. The van der Waals surface area contributed by atoms with Gasteiger partial charge in [0.25, 0.3) is 5.91 Å². The Bertz CT molecular complexity index is 494. The number of carbonyl (C=O) groups is 1. The molecule has 0 fully saturated rings. The van der Waals surface area contributed by atoms with Crippen LogP contribution in [0.4, 0.5) is 5.13 Å². The summed E-state index contributed by atoms with van der Waals surface area (Å²) in [6, 6.07) is 3.58. The Hall–Kier alpha value is -2.22. The van der Waals surface area contributed by atoms with E-state index in [0.717, 1.165) is 17.6 Å². The summed E-state index contributed by atoms with van der Waals surface area (Å²) in [6.07, 6.45) is 0. The Morgan fingerprint density at radius 2 is 1.94 bits per heavy atom. The molecule has 1 heterocycles. The Kier molecular flexibility index (Phi) is 2.64. The predicted molar refractivity (Wildman–Crippen MR) is 55.4 cm³/mol. The molecule has 16 heavy (non-hydrogen) atoms. The zero-order chi connectivity index (χ0) is 11.5. The van der Waals surface area contributed by atoms with Crippen LogP contribution >= 0.6 is 11.5 Å². The fourth-order valence-corrected chi connectivity index (χ4v) is 1.44. The quantitative estimate of drug-likeness (QED) is 0.706. The molecule has 0 aliphatic carbocycles. The van der Waals surface area contributed by atoms with Crippen LogP contribution in [-0.4, -0.2) is 30.9 Å². The van der Waals surface area contributed by atoms with Crippen molar-refractivity contribution in [3.8, 4) is 11.5 Å². The van der Waals surface area contributed by atoms with E-state index in [0.29, 0.717) is 0 Å². The first-order valence-corrected chi connectivity index (χ1v) is 4.92. The standard InChI is InChI=1S/C8H6N4O3S/c13-5-1-4(2-6(14)3-5)7(15)9-8-10-11-12-16-8/h1-3,13-14H,(H,9,10,12,15). The van der Waals surface area contributed by atoms with Crippen LogP contribution < -0.4 is 5.32 Å². The van der Waals surface area contributed by atoms with Crippen LogP contribution in [-0.2, 0) is 0 Å². The van der Waals surface area contributed by atoms with Crippen molar-refractivity contribution in [3.63, 3.8) is 0 Å². The highest BCUT2D eigenvalue weighted by molar-refractivity contribution is 7.09. The van der Waals surface area contributed by atoms with Crippen molar-refractivity contribution in [2.45, 2.75) is 0 Å². The van der Waals surface area contributed by atoms with Crippen LogP contribution in [0.3, 0.4) is 0 Å². The van der Waals surface area contributed by atoms with E-state index in [2.05, 4.69) is 20.1 Å². The molecule has 8 heteroatoms. The molecule has 2 aromatic rings. The third-order valence-corrected chi connectivity index (χ3v) is 2.20. The van der Waals surface area contributed by atoms with E-state index in [-0.39, 0.29) is 22.2 Å².